The van der Waals surface area contributed by atoms with Crippen LogP contribution < -0.4 is 0 Å². The molecule has 0 unspecified atom stereocenters. The Morgan fingerprint density at radius 2 is 1.03 bits per heavy atom. The fourth-order valence-corrected chi connectivity index (χ4v) is 6.14. The second-order valence-electron chi connectivity index (χ2n) is 10.0. The summed E-state index contributed by atoms with van der Waals surface area (Å²) in [5.41, 5.74) is 6.80. The van der Waals surface area contributed by atoms with E-state index in [0.29, 0.717) is 11.1 Å². The molecule has 0 spiro atoms. The first-order valence-electron chi connectivity index (χ1n) is 13.1. The topological polar surface area (TPSA) is 36.9 Å². The average Bonchev–Trinajstić information content (AvgIpc) is 3.37. The van der Waals surface area contributed by atoms with Crippen LogP contribution in [0, 0.1) is 11.3 Å². The van der Waals surface area contributed by atoms with E-state index in [2.05, 4.69) is 109 Å². The number of nitrogens with zero attached hydrogens (tertiary/aromatic N) is 1. The Balaban J connectivity index is 1.47. The molecule has 0 saturated carbocycles. The molecule has 8 rings (SSSR count). The summed E-state index contributed by atoms with van der Waals surface area (Å²) in [7, 11) is 0. The van der Waals surface area contributed by atoms with Crippen molar-refractivity contribution in [2.24, 2.45) is 0 Å². The van der Waals surface area contributed by atoms with E-state index < -0.39 is 0 Å². The summed E-state index contributed by atoms with van der Waals surface area (Å²) in [6.07, 6.45) is 0. The van der Waals surface area contributed by atoms with Gasteiger partial charge < -0.3 is 4.42 Å². The molecule has 0 aliphatic carbocycles. The van der Waals surface area contributed by atoms with Crippen LogP contribution in [0.15, 0.2) is 132 Å². The van der Waals surface area contributed by atoms with Gasteiger partial charge in [-0.3, -0.25) is 0 Å². The summed E-state index contributed by atoms with van der Waals surface area (Å²) in [4.78, 5) is 0. The van der Waals surface area contributed by atoms with E-state index in [1.807, 2.05) is 18.2 Å². The molecule has 2 heteroatoms. The maximum Gasteiger partial charge on any atom is 0.153 e. The summed E-state index contributed by atoms with van der Waals surface area (Å²) in [6, 6.07) is 47.1. The zero-order chi connectivity index (χ0) is 25.9. The highest BCUT2D eigenvalue weighted by atomic mass is 16.3. The van der Waals surface area contributed by atoms with Gasteiger partial charge in [0.25, 0.3) is 0 Å². The van der Waals surface area contributed by atoms with Crippen molar-refractivity contribution >= 4 is 54.3 Å². The van der Waals surface area contributed by atoms with Gasteiger partial charge in [0.05, 0.1) is 5.56 Å². The number of benzene rings is 7. The van der Waals surface area contributed by atoms with Gasteiger partial charge in [-0.25, -0.2) is 0 Å². The Labute approximate surface area is 225 Å². The zero-order valence-corrected chi connectivity index (χ0v) is 21.0. The molecule has 0 N–H and O–H groups in total. The number of nitriles is 1. The first kappa shape index (κ1) is 21.7. The summed E-state index contributed by atoms with van der Waals surface area (Å²) in [6.45, 7) is 0. The van der Waals surface area contributed by atoms with Crippen LogP contribution in [0.5, 0.6) is 0 Å². The van der Waals surface area contributed by atoms with Crippen molar-refractivity contribution in [1.29, 1.82) is 5.26 Å². The molecule has 0 aliphatic rings. The van der Waals surface area contributed by atoms with Crippen molar-refractivity contribution in [3.63, 3.8) is 0 Å². The maximum absolute atomic E-state index is 9.60. The Morgan fingerprint density at radius 3 is 1.69 bits per heavy atom. The second-order valence-corrected chi connectivity index (χ2v) is 10.0. The highest BCUT2D eigenvalue weighted by molar-refractivity contribution is 6.22. The summed E-state index contributed by atoms with van der Waals surface area (Å²) in [5.74, 6) is 0. The van der Waals surface area contributed by atoms with Crippen LogP contribution in [0.4, 0.5) is 0 Å². The highest BCUT2D eigenvalue weighted by Crippen LogP contribution is 2.45. The number of hydrogen-bond donors (Lipinski definition) is 0. The summed E-state index contributed by atoms with van der Waals surface area (Å²) < 4.78 is 6.13. The molecule has 0 bridgehead atoms. The Kier molecular flexibility index (Phi) is 4.62. The first-order chi connectivity index (χ1) is 19.3. The Morgan fingerprint density at radius 1 is 0.462 bits per heavy atom. The van der Waals surface area contributed by atoms with Gasteiger partial charge >= 0.3 is 0 Å². The first-order valence-corrected chi connectivity index (χ1v) is 13.1. The van der Waals surface area contributed by atoms with E-state index in [1.54, 1.807) is 6.07 Å². The minimum atomic E-state index is 0.556. The van der Waals surface area contributed by atoms with Gasteiger partial charge in [0.2, 0.25) is 0 Å². The molecular weight excluding hydrogens is 474 g/mol. The predicted molar refractivity (Wildman–Crippen MR) is 162 cm³/mol. The summed E-state index contributed by atoms with van der Waals surface area (Å²) >= 11 is 0. The molecule has 39 heavy (non-hydrogen) atoms. The monoisotopic (exact) mass is 495 g/mol. The van der Waals surface area contributed by atoms with Crippen molar-refractivity contribution < 1.29 is 4.42 Å². The van der Waals surface area contributed by atoms with E-state index >= 15 is 0 Å². The normalized spacial score (nSPS) is 11.6. The van der Waals surface area contributed by atoms with E-state index in [9.17, 15) is 5.26 Å². The third-order valence-electron chi connectivity index (χ3n) is 7.88. The lowest BCUT2D eigenvalue weighted by Gasteiger charge is -2.18. The third-order valence-corrected chi connectivity index (χ3v) is 7.88. The number of rotatable bonds is 2. The molecule has 8 aromatic rings. The van der Waals surface area contributed by atoms with Gasteiger partial charge in [0, 0.05) is 10.8 Å². The number of para-hydroxylation sites is 1. The van der Waals surface area contributed by atoms with Crippen LogP contribution in [0.3, 0.4) is 0 Å². The van der Waals surface area contributed by atoms with Crippen molar-refractivity contribution in [3.8, 4) is 28.3 Å². The van der Waals surface area contributed by atoms with E-state index in [0.717, 1.165) is 21.9 Å². The molecule has 0 saturated heterocycles. The molecule has 0 radical (unpaired) electrons. The SMILES string of the molecule is N#Cc1cccc2c1oc1ccc(-c3c4ccccc4c(-c4ccc5ccccc5c4)c4ccccc34)cc12. The molecule has 0 aliphatic heterocycles. The third kappa shape index (κ3) is 3.21. The number of hydrogen-bond acceptors (Lipinski definition) is 2. The Bertz CT molecular complexity index is 2240. The smallest absolute Gasteiger partial charge is 0.153 e. The molecule has 1 aromatic heterocycles. The summed E-state index contributed by atoms with van der Waals surface area (Å²) in [5, 5.41) is 18.9. The van der Waals surface area contributed by atoms with Gasteiger partial charge in [-0.05, 0) is 78.8 Å². The molecule has 0 amide bonds. The van der Waals surface area contributed by atoms with Gasteiger partial charge in [-0.1, -0.05) is 103 Å². The van der Waals surface area contributed by atoms with Crippen molar-refractivity contribution in [2.75, 3.05) is 0 Å². The number of fused-ring (bicyclic) bond motifs is 6. The van der Waals surface area contributed by atoms with E-state index in [4.69, 9.17) is 4.42 Å². The van der Waals surface area contributed by atoms with Crippen LogP contribution in [0.25, 0.3) is 76.5 Å². The Hall–Kier alpha value is -5.39. The maximum atomic E-state index is 9.60. The molecule has 2 nitrogen and oxygen atoms in total. The van der Waals surface area contributed by atoms with Crippen molar-refractivity contribution in [1.82, 2.24) is 0 Å². The molecular formula is C37H21NO. The largest absolute Gasteiger partial charge is 0.455 e. The second kappa shape index (κ2) is 8.31. The van der Waals surface area contributed by atoms with Crippen LogP contribution in [-0.2, 0) is 0 Å². The number of furan rings is 1. The molecule has 0 atom stereocenters. The fourth-order valence-electron chi connectivity index (χ4n) is 6.14. The standard InChI is InChI=1S/C37H21NO/c38-22-27-10-7-15-32-33-21-26(18-19-34(33)39-37(27)32)36-30-13-5-3-11-28(30)35(29-12-4-6-14-31(29)36)25-17-16-23-8-1-2-9-24(23)20-25/h1-21H. The van der Waals surface area contributed by atoms with Gasteiger partial charge in [0.1, 0.15) is 11.7 Å². The van der Waals surface area contributed by atoms with Crippen LogP contribution in [0.2, 0.25) is 0 Å². The van der Waals surface area contributed by atoms with E-state index in [1.165, 1.54) is 49.0 Å². The minimum absolute atomic E-state index is 0.556. The van der Waals surface area contributed by atoms with Crippen LogP contribution in [0.1, 0.15) is 5.56 Å². The van der Waals surface area contributed by atoms with Gasteiger partial charge in [-0.15, -0.1) is 0 Å². The van der Waals surface area contributed by atoms with Crippen molar-refractivity contribution in [2.45, 2.75) is 0 Å². The van der Waals surface area contributed by atoms with Crippen LogP contribution >= 0.6 is 0 Å². The van der Waals surface area contributed by atoms with Gasteiger partial charge in [-0.2, -0.15) is 5.26 Å². The van der Waals surface area contributed by atoms with Gasteiger partial charge in [0.15, 0.2) is 5.58 Å². The average molecular weight is 496 g/mol. The highest BCUT2D eigenvalue weighted by Gasteiger charge is 2.18. The van der Waals surface area contributed by atoms with E-state index in [-0.39, 0.29) is 0 Å². The predicted octanol–water partition coefficient (Wildman–Crippen LogP) is 10.3. The fraction of sp³-hybridized carbons (Fsp3) is 0. The molecule has 1 heterocycles. The van der Waals surface area contributed by atoms with Crippen molar-refractivity contribution in [3.05, 3.63) is 133 Å². The molecule has 7 aromatic carbocycles. The van der Waals surface area contributed by atoms with Crippen LogP contribution in [-0.4, -0.2) is 0 Å². The lowest BCUT2D eigenvalue weighted by Crippen LogP contribution is -1.91. The lowest BCUT2D eigenvalue weighted by atomic mass is 9.85. The lowest BCUT2D eigenvalue weighted by molar-refractivity contribution is 0.667. The quantitative estimate of drug-likeness (QED) is 0.224. The molecule has 0 fully saturated rings. The minimum Gasteiger partial charge on any atom is -0.455 e. The molecule has 180 valence electrons. The zero-order valence-electron chi connectivity index (χ0n) is 21.0.